The summed E-state index contributed by atoms with van der Waals surface area (Å²) in [5, 5.41) is 0. The maximum absolute atomic E-state index is 3.88. The molecular formula is C13H22. The zero-order valence-corrected chi connectivity index (χ0v) is 9.27. The Balaban J connectivity index is 4.04. The van der Waals surface area contributed by atoms with E-state index in [2.05, 4.69) is 40.0 Å². The van der Waals surface area contributed by atoms with E-state index in [9.17, 15) is 0 Å². The Labute approximate surface area is 83.0 Å². The molecule has 0 aromatic heterocycles. The molecule has 0 bridgehead atoms. The minimum atomic E-state index is 0.230. The highest BCUT2D eigenvalue weighted by molar-refractivity contribution is 4.99. The van der Waals surface area contributed by atoms with Gasteiger partial charge in [0.1, 0.15) is 0 Å². The van der Waals surface area contributed by atoms with Crippen LogP contribution in [-0.2, 0) is 0 Å². The third-order valence-corrected chi connectivity index (χ3v) is 2.37. The van der Waals surface area contributed by atoms with E-state index in [1.165, 1.54) is 5.57 Å². The maximum Gasteiger partial charge on any atom is -0.0112 e. The first kappa shape index (κ1) is 12.2. The summed E-state index contributed by atoms with van der Waals surface area (Å²) in [5.41, 5.74) is 1.62. The van der Waals surface area contributed by atoms with Crippen molar-refractivity contribution < 1.29 is 0 Å². The number of hydrogen-bond donors (Lipinski definition) is 0. The summed E-state index contributed by atoms with van der Waals surface area (Å²) < 4.78 is 0. The van der Waals surface area contributed by atoms with Gasteiger partial charge in [0.05, 0.1) is 0 Å². The van der Waals surface area contributed by atoms with Crippen molar-refractivity contribution in [1.29, 1.82) is 0 Å². The smallest absolute Gasteiger partial charge is 0.0112 e. The number of hydrogen-bond acceptors (Lipinski definition) is 0. The second kappa shape index (κ2) is 5.80. The molecular weight excluding hydrogens is 156 g/mol. The summed E-state index contributed by atoms with van der Waals surface area (Å²) in [5.74, 6) is 0. The molecule has 0 spiro atoms. The molecule has 0 heteroatoms. The van der Waals surface area contributed by atoms with E-state index in [1.54, 1.807) is 0 Å². The van der Waals surface area contributed by atoms with E-state index in [-0.39, 0.29) is 5.41 Å². The Hall–Kier alpha value is -0.780. The Morgan fingerprint density at radius 2 is 1.92 bits per heavy atom. The van der Waals surface area contributed by atoms with Gasteiger partial charge in [0.25, 0.3) is 0 Å². The molecule has 1 atom stereocenters. The predicted octanol–water partition coefficient (Wildman–Crippen LogP) is 4.50. The molecule has 0 aliphatic carbocycles. The van der Waals surface area contributed by atoms with Gasteiger partial charge in [-0.05, 0) is 38.5 Å². The van der Waals surface area contributed by atoms with Gasteiger partial charge in [-0.25, -0.2) is 0 Å². The van der Waals surface area contributed by atoms with E-state index in [4.69, 9.17) is 0 Å². The first-order valence-corrected chi connectivity index (χ1v) is 4.92. The lowest BCUT2D eigenvalue weighted by atomic mass is 9.82. The van der Waals surface area contributed by atoms with Crippen LogP contribution in [0.15, 0.2) is 37.0 Å². The van der Waals surface area contributed by atoms with Gasteiger partial charge < -0.3 is 0 Å². The van der Waals surface area contributed by atoms with Gasteiger partial charge >= 0.3 is 0 Å². The molecule has 13 heavy (non-hydrogen) atoms. The van der Waals surface area contributed by atoms with Crippen molar-refractivity contribution in [3.8, 4) is 0 Å². The Morgan fingerprint density at radius 3 is 2.31 bits per heavy atom. The third kappa shape index (κ3) is 5.46. The van der Waals surface area contributed by atoms with Gasteiger partial charge in [0, 0.05) is 0 Å². The van der Waals surface area contributed by atoms with Gasteiger partial charge in [-0.15, -0.1) is 13.2 Å². The highest BCUT2D eigenvalue weighted by atomic mass is 14.2. The molecule has 74 valence electrons. The van der Waals surface area contributed by atoms with Crippen molar-refractivity contribution >= 4 is 0 Å². The molecule has 0 heterocycles. The maximum atomic E-state index is 3.88. The topological polar surface area (TPSA) is 0 Å². The fraction of sp³-hybridized carbons (Fsp3) is 0.538. The van der Waals surface area contributed by atoms with E-state index < -0.39 is 0 Å². The minimum absolute atomic E-state index is 0.230. The second-order valence-electron chi connectivity index (χ2n) is 4.17. The van der Waals surface area contributed by atoms with Gasteiger partial charge in [-0.3, -0.25) is 0 Å². The van der Waals surface area contributed by atoms with Crippen LogP contribution in [0, 0.1) is 5.41 Å². The van der Waals surface area contributed by atoms with E-state index in [0.717, 1.165) is 19.3 Å². The zero-order chi connectivity index (χ0) is 10.3. The van der Waals surface area contributed by atoms with E-state index in [0.29, 0.717) is 0 Å². The van der Waals surface area contributed by atoms with Crippen molar-refractivity contribution in [3.05, 3.63) is 37.0 Å². The monoisotopic (exact) mass is 178 g/mol. The summed E-state index contributed by atoms with van der Waals surface area (Å²) >= 11 is 0. The molecule has 0 N–H and O–H groups in total. The quantitative estimate of drug-likeness (QED) is 0.525. The van der Waals surface area contributed by atoms with Crippen LogP contribution in [0.3, 0.4) is 0 Å². The molecule has 0 saturated heterocycles. The SMILES string of the molecule is C=CC[C@@](C)(C=C)CCC=C(C)C. The Kier molecular flexibility index (Phi) is 5.45. The van der Waals surface area contributed by atoms with Crippen molar-refractivity contribution in [1.82, 2.24) is 0 Å². The lowest BCUT2D eigenvalue weighted by Crippen LogP contribution is -2.10. The largest absolute Gasteiger partial charge is 0.103 e. The minimum Gasteiger partial charge on any atom is -0.103 e. The molecule has 0 saturated carbocycles. The van der Waals surface area contributed by atoms with Crippen molar-refractivity contribution in [2.75, 3.05) is 0 Å². The molecule has 0 amide bonds. The van der Waals surface area contributed by atoms with Crippen LogP contribution in [0.4, 0.5) is 0 Å². The third-order valence-electron chi connectivity index (χ3n) is 2.37. The molecule has 0 rings (SSSR count). The molecule has 0 radical (unpaired) electrons. The average molecular weight is 178 g/mol. The molecule has 0 aliphatic rings. The first-order valence-electron chi connectivity index (χ1n) is 4.92. The molecule has 0 aliphatic heterocycles. The fourth-order valence-corrected chi connectivity index (χ4v) is 1.31. The summed E-state index contributed by atoms with van der Waals surface area (Å²) in [6.07, 6.45) is 9.63. The summed E-state index contributed by atoms with van der Waals surface area (Å²) in [6.45, 7) is 14.2. The van der Waals surface area contributed by atoms with Gasteiger partial charge in [0.15, 0.2) is 0 Å². The number of rotatable bonds is 6. The fourth-order valence-electron chi connectivity index (χ4n) is 1.31. The molecule has 0 aromatic carbocycles. The van der Waals surface area contributed by atoms with Crippen molar-refractivity contribution in [2.45, 2.75) is 40.0 Å². The number of allylic oxidation sites excluding steroid dienone is 4. The molecule has 0 unspecified atom stereocenters. The highest BCUT2D eigenvalue weighted by Gasteiger charge is 2.16. The van der Waals surface area contributed by atoms with Crippen molar-refractivity contribution in [2.24, 2.45) is 5.41 Å². The Morgan fingerprint density at radius 1 is 1.31 bits per heavy atom. The zero-order valence-electron chi connectivity index (χ0n) is 9.27. The van der Waals surface area contributed by atoms with Gasteiger partial charge in [0.2, 0.25) is 0 Å². The predicted molar refractivity (Wildman–Crippen MR) is 61.8 cm³/mol. The van der Waals surface area contributed by atoms with Crippen LogP contribution >= 0.6 is 0 Å². The van der Waals surface area contributed by atoms with Crippen LogP contribution in [0.1, 0.15) is 40.0 Å². The van der Waals surface area contributed by atoms with Crippen molar-refractivity contribution in [3.63, 3.8) is 0 Å². The van der Waals surface area contributed by atoms with E-state index >= 15 is 0 Å². The molecule has 0 aromatic rings. The summed E-state index contributed by atoms with van der Waals surface area (Å²) in [7, 11) is 0. The molecule has 0 nitrogen and oxygen atoms in total. The van der Waals surface area contributed by atoms with E-state index in [1.807, 2.05) is 12.2 Å². The van der Waals surface area contributed by atoms with Crippen LogP contribution in [0.2, 0.25) is 0 Å². The highest BCUT2D eigenvalue weighted by Crippen LogP contribution is 2.29. The van der Waals surface area contributed by atoms with Crippen LogP contribution < -0.4 is 0 Å². The van der Waals surface area contributed by atoms with Crippen LogP contribution in [-0.4, -0.2) is 0 Å². The lowest BCUT2D eigenvalue weighted by Gasteiger charge is -2.23. The van der Waals surface area contributed by atoms with Crippen LogP contribution in [0.25, 0.3) is 0 Å². The standard InChI is InChI=1S/C13H22/c1-6-10-13(5,7-2)11-8-9-12(3)4/h6-7,9H,1-2,8,10-11H2,3-5H3/t13-/m1/s1. The summed E-state index contributed by atoms with van der Waals surface area (Å²) in [4.78, 5) is 0. The summed E-state index contributed by atoms with van der Waals surface area (Å²) in [6, 6.07) is 0. The normalized spacial score (nSPS) is 14.4. The van der Waals surface area contributed by atoms with Crippen LogP contribution in [0.5, 0.6) is 0 Å². The lowest BCUT2D eigenvalue weighted by molar-refractivity contribution is 0.401. The van der Waals surface area contributed by atoms with Gasteiger partial charge in [-0.1, -0.05) is 30.7 Å². The molecule has 0 fully saturated rings. The second-order valence-corrected chi connectivity index (χ2v) is 4.17. The first-order chi connectivity index (χ1) is 6.04. The average Bonchev–Trinajstić information content (AvgIpc) is 2.04. The van der Waals surface area contributed by atoms with Gasteiger partial charge in [-0.2, -0.15) is 0 Å². The Bertz CT molecular complexity index is 194.